The maximum Gasteiger partial charge on any atom is 0.373 e. The lowest BCUT2D eigenvalue weighted by Crippen LogP contribution is -2.49. The molecule has 2 unspecified atom stereocenters. The van der Waals surface area contributed by atoms with Crippen molar-refractivity contribution in [2.24, 2.45) is 0 Å². The molecule has 0 saturated carbocycles. The highest BCUT2D eigenvalue weighted by Gasteiger charge is 2.55. The highest BCUT2D eigenvalue weighted by atomic mass is 16.8. The number of carbonyl (C=O) groups is 1. The van der Waals surface area contributed by atoms with E-state index < -0.39 is 18.0 Å². The Morgan fingerprint density at radius 2 is 1.93 bits per heavy atom. The van der Waals surface area contributed by atoms with Gasteiger partial charge in [-0.05, 0) is 20.8 Å². The molecule has 1 heterocycles. The first-order valence-electron chi connectivity index (χ1n) is 4.76. The van der Waals surface area contributed by atoms with Crippen LogP contribution in [0.4, 0.5) is 4.79 Å². The Bertz CT molecular complexity index is 245. The molecular formula is C8H16N2O5. The summed E-state index contributed by atoms with van der Waals surface area (Å²) in [6, 6.07) is -0.726. The number of urea groups is 1. The normalized spacial score (nSPS) is 31.5. The molecule has 0 aliphatic carbocycles. The van der Waals surface area contributed by atoms with Crippen LogP contribution in [0.15, 0.2) is 0 Å². The molecule has 7 nitrogen and oxygen atoms in total. The van der Waals surface area contributed by atoms with Crippen molar-refractivity contribution >= 4 is 6.03 Å². The van der Waals surface area contributed by atoms with E-state index in [0.717, 1.165) is 0 Å². The fraction of sp³-hybridized carbons (Fsp3) is 0.875. The van der Waals surface area contributed by atoms with Crippen LogP contribution in [-0.4, -0.2) is 51.5 Å². The summed E-state index contributed by atoms with van der Waals surface area (Å²) in [4.78, 5) is 21.4. The Balaban J connectivity index is 2.86. The van der Waals surface area contributed by atoms with Gasteiger partial charge >= 0.3 is 6.03 Å². The molecule has 0 aromatic carbocycles. The van der Waals surface area contributed by atoms with E-state index in [1.165, 1.54) is 6.92 Å². The zero-order valence-electron chi connectivity index (χ0n) is 9.01. The molecule has 2 atom stereocenters. The third-order valence-electron chi connectivity index (χ3n) is 2.01. The van der Waals surface area contributed by atoms with E-state index in [9.17, 15) is 15.0 Å². The van der Waals surface area contributed by atoms with Crippen molar-refractivity contribution in [1.82, 2.24) is 10.1 Å². The van der Waals surface area contributed by atoms with Gasteiger partial charge in [-0.3, -0.25) is 9.68 Å². The summed E-state index contributed by atoms with van der Waals surface area (Å²) < 4.78 is 0. The SMILES string of the molecule is CCON1C(=O)N(OCC)C(C)(O)C1O. The number of hydrogen-bond acceptors (Lipinski definition) is 5. The molecule has 0 aromatic heterocycles. The lowest BCUT2D eigenvalue weighted by molar-refractivity contribution is -0.278. The van der Waals surface area contributed by atoms with Crippen molar-refractivity contribution in [3.63, 3.8) is 0 Å². The number of aliphatic hydroxyl groups excluding tert-OH is 1. The summed E-state index contributed by atoms with van der Waals surface area (Å²) in [6.45, 7) is 5.01. The van der Waals surface area contributed by atoms with Gasteiger partial charge in [0.05, 0.1) is 13.2 Å². The van der Waals surface area contributed by atoms with Gasteiger partial charge in [-0.2, -0.15) is 10.1 Å². The van der Waals surface area contributed by atoms with Gasteiger partial charge in [0.15, 0.2) is 0 Å². The smallest absolute Gasteiger partial charge is 0.367 e. The standard InChI is InChI=1S/C8H16N2O5/c1-4-14-9-6(11)8(3,13)10(7(9)12)15-5-2/h6,11,13H,4-5H2,1-3H3. The fourth-order valence-corrected chi connectivity index (χ4v) is 1.29. The number of amides is 2. The molecule has 7 heteroatoms. The summed E-state index contributed by atoms with van der Waals surface area (Å²) in [7, 11) is 0. The molecule has 0 spiro atoms. The van der Waals surface area contributed by atoms with E-state index in [1.54, 1.807) is 13.8 Å². The zero-order chi connectivity index (χ0) is 11.6. The second-order valence-electron chi connectivity index (χ2n) is 3.21. The molecule has 88 valence electrons. The number of nitrogens with zero attached hydrogens (tertiary/aromatic N) is 2. The highest BCUT2D eigenvalue weighted by Crippen LogP contribution is 2.29. The third-order valence-corrected chi connectivity index (χ3v) is 2.01. The van der Waals surface area contributed by atoms with Crippen LogP contribution in [0.2, 0.25) is 0 Å². The van der Waals surface area contributed by atoms with Crippen LogP contribution in [-0.2, 0) is 9.68 Å². The molecule has 0 bridgehead atoms. The lowest BCUT2D eigenvalue weighted by Gasteiger charge is -2.27. The van der Waals surface area contributed by atoms with Gasteiger partial charge in [0.2, 0.25) is 12.0 Å². The molecule has 0 radical (unpaired) electrons. The molecule has 1 aliphatic rings. The van der Waals surface area contributed by atoms with Crippen molar-refractivity contribution in [3.05, 3.63) is 0 Å². The van der Waals surface area contributed by atoms with E-state index in [2.05, 4.69) is 0 Å². The van der Waals surface area contributed by atoms with Crippen molar-refractivity contribution in [3.8, 4) is 0 Å². The quantitative estimate of drug-likeness (QED) is 0.677. The molecule has 1 saturated heterocycles. The molecule has 2 N–H and O–H groups in total. The number of hydrogen-bond donors (Lipinski definition) is 2. The minimum absolute atomic E-state index is 0.203. The summed E-state index contributed by atoms with van der Waals surface area (Å²) >= 11 is 0. The Labute approximate surface area is 87.7 Å². The average Bonchev–Trinajstić information content (AvgIpc) is 2.33. The summed E-state index contributed by atoms with van der Waals surface area (Å²) in [5.74, 6) is 0. The maximum atomic E-state index is 11.6. The first-order chi connectivity index (χ1) is 6.96. The van der Waals surface area contributed by atoms with Crippen LogP contribution in [0.25, 0.3) is 0 Å². The summed E-state index contributed by atoms with van der Waals surface area (Å²) in [6.07, 6.45) is -1.48. The molecule has 0 aromatic rings. The van der Waals surface area contributed by atoms with E-state index in [4.69, 9.17) is 9.68 Å². The van der Waals surface area contributed by atoms with Gasteiger partial charge in [-0.1, -0.05) is 0 Å². The van der Waals surface area contributed by atoms with Crippen molar-refractivity contribution in [2.45, 2.75) is 32.7 Å². The second-order valence-corrected chi connectivity index (χ2v) is 3.21. The minimum Gasteiger partial charge on any atom is -0.367 e. The van der Waals surface area contributed by atoms with Crippen LogP contribution >= 0.6 is 0 Å². The molecule has 1 rings (SSSR count). The van der Waals surface area contributed by atoms with Crippen LogP contribution in [0.1, 0.15) is 20.8 Å². The van der Waals surface area contributed by atoms with E-state index in [-0.39, 0.29) is 13.2 Å². The summed E-state index contributed by atoms with van der Waals surface area (Å²) in [5, 5.41) is 20.8. The maximum absolute atomic E-state index is 11.6. The molecular weight excluding hydrogens is 204 g/mol. The summed E-state index contributed by atoms with van der Waals surface area (Å²) in [5.41, 5.74) is -1.82. The number of hydroxylamine groups is 4. The third kappa shape index (κ3) is 1.91. The van der Waals surface area contributed by atoms with Crippen LogP contribution in [0.3, 0.4) is 0 Å². The topological polar surface area (TPSA) is 82.5 Å². The van der Waals surface area contributed by atoms with Gasteiger partial charge in [0.1, 0.15) is 0 Å². The fourth-order valence-electron chi connectivity index (χ4n) is 1.29. The van der Waals surface area contributed by atoms with Gasteiger partial charge in [0, 0.05) is 0 Å². The van der Waals surface area contributed by atoms with Crippen molar-refractivity contribution in [1.29, 1.82) is 0 Å². The Kier molecular flexibility index (Phi) is 3.50. The minimum atomic E-state index is -1.82. The predicted molar refractivity (Wildman–Crippen MR) is 49.0 cm³/mol. The molecule has 15 heavy (non-hydrogen) atoms. The zero-order valence-corrected chi connectivity index (χ0v) is 9.01. The van der Waals surface area contributed by atoms with E-state index in [0.29, 0.717) is 10.1 Å². The number of carbonyl (C=O) groups excluding carboxylic acids is 1. The Hall–Kier alpha value is -0.890. The molecule has 1 aliphatic heterocycles. The first kappa shape index (κ1) is 12.2. The van der Waals surface area contributed by atoms with Crippen molar-refractivity contribution in [2.75, 3.05) is 13.2 Å². The molecule has 1 fully saturated rings. The van der Waals surface area contributed by atoms with Gasteiger partial charge in [0.25, 0.3) is 0 Å². The monoisotopic (exact) mass is 220 g/mol. The predicted octanol–water partition coefficient (Wildman–Crippen LogP) is -0.346. The van der Waals surface area contributed by atoms with Crippen LogP contribution in [0, 0.1) is 0 Å². The highest BCUT2D eigenvalue weighted by molar-refractivity contribution is 5.75. The number of aliphatic hydroxyl groups is 2. The van der Waals surface area contributed by atoms with Gasteiger partial charge in [-0.25, -0.2) is 4.79 Å². The van der Waals surface area contributed by atoms with Gasteiger partial charge in [-0.15, -0.1) is 0 Å². The van der Waals surface area contributed by atoms with Crippen LogP contribution < -0.4 is 0 Å². The largest absolute Gasteiger partial charge is 0.373 e. The van der Waals surface area contributed by atoms with Gasteiger partial charge < -0.3 is 10.2 Å². The van der Waals surface area contributed by atoms with E-state index in [1.807, 2.05) is 0 Å². The lowest BCUT2D eigenvalue weighted by atomic mass is 10.2. The average molecular weight is 220 g/mol. The second kappa shape index (κ2) is 4.31. The number of rotatable bonds is 4. The Morgan fingerprint density at radius 3 is 2.40 bits per heavy atom. The first-order valence-corrected chi connectivity index (χ1v) is 4.76. The Morgan fingerprint density at radius 1 is 1.40 bits per heavy atom. The molecule has 2 amide bonds. The van der Waals surface area contributed by atoms with E-state index >= 15 is 0 Å². The van der Waals surface area contributed by atoms with Crippen LogP contribution in [0.5, 0.6) is 0 Å². The van der Waals surface area contributed by atoms with Crippen molar-refractivity contribution < 1.29 is 24.7 Å².